The molecule has 1 aromatic carbocycles. The van der Waals surface area contributed by atoms with Crippen LogP contribution < -0.4 is 10.1 Å². The van der Waals surface area contributed by atoms with Crippen LogP contribution in [0.5, 0.6) is 11.5 Å². The third-order valence-electron chi connectivity index (χ3n) is 5.58. The van der Waals surface area contributed by atoms with Gasteiger partial charge in [-0.05, 0) is 68.7 Å². The zero-order valence-corrected chi connectivity index (χ0v) is 19.6. The lowest BCUT2D eigenvalue weighted by atomic mass is 9.72. The number of aromatic hydroxyl groups is 1. The highest BCUT2D eigenvalue weighted by molar-refractivity contribution is 6.00. The van der Waals surface area contributed by atoms with Gasteiger partial charge in [0.15, 0.2) is 11.5 Å². The van der Waals surface area contributed by atoms with Crippen molar-refractivity contribution in [1.29, 1.82) is 0 Å². The molecular weight excluding hydrogens is 386 g/mol. The summed E-state index contributed by atoms with van der Waals surface area (Å²) in [5.41, 5.74) is 5.67. The van der Waals surface area contributed by atoms with Crippen LogP contribution in [0, 0.1) is 5.41 Å². The fourth-order valence-corrected chi connectivity index (χ4v) is 3.83. The third-order valence-corrected chi connectivity index (χ3v) is 5.58. The minimum atomic E-state index is -0.255. The first-order valence-corrected chi connectivity index (χ1v) is 10.7. The number of hydrogen-bond donors (Lipinski definition) is 2. The number of phenols is 1. The lowest BCUT2D eigenvalue weighted by Gasteiger charge is -2.32. The molecule has 0 bridgehead atoms. The smallest absolute Gasteiger partial charge is 0.248 e. The summed E-state index contributed by atoms with van der Waals surface area (Å²) in [6.45, 7) is 10.8. The number of anilines is 1. The number of hydrogen-bond acceptors (Lipinski definition) is 3. The van der Waals surface area contributed by atoms with Crippen LogP contribution in [0.4, 0.5) is 5.69 Å². The van der Waals surface area contributed by atoms with Crippen LogP contribution in [-0.2, 0) is 4.79 Å². The van der Waals surface area contributed by atoms with E-state index < -0.39 is 0 Å². The summed E-state index contributed by atoms with van der Waals surface area (Å²) in [5.74, 6) is 0.0914. The fraction of sp³-hybridized carbons (Fsp3) is 0.370. The number of ether oxygens (including phenoxy) is 1. The highest BCUT2D eigenvalue weighted by atomic mass is 16.5. The second-order valence-electron chi connectivity index (χ2n) is 8.80. The maximum Gasteiger partial charge on any atom is 0.248 e. The Labute approximate surface area is 186 Å². The zero-order chi connectivity index (χ0) is 23.0. The summed E-state index contributed by atoms with van der Waals surface area (Å²) in [7, 11) is 1.48. The maximum atomic E-state index is 12.2. The molecule has 0 fully saturated rings. The van der Waals surface area contributed by atoms with Gasteiger partial charge in [-0.1, -0.05) is 55.4 Å². The Kier molecular flexibility index (Phi) is 8.49. The zero-order valence-electron chi connectivity index (χ0n) is 19.6. The van der Waals surface area contributed by atoms with Crippen molar-refractivity contribution in [2.75, 3.05) is 12.4 Å². The highest BCUT2D eigenvalue weighted by Crippen LogP contribution is 2.40. The van der Waals surface area contributed by atoms with E-state index in [-0.39, 0.29) is 17.1 Å². The Balaban J connectivity index is 1.97. The summed E-state index contributed by atoms with van der Waals surface area (Å²) in [6.07, 6.45) is 15.5. The Morgan fingerprint density at radius 2 is 1.94 bits per heavy atom. The monoisotopic (exact) mass is 421 g/mol. The van der Waals surface area contributed by atoms with Crippen molar-refractivity contribution in [3.63, 3.8) is 0 Å². The number of phenolic OH excluding ortho intramolecular Hbond substituents is 1. The molecule has 0 saturated carbocycles. The Hall–Kier alpha value is -3.01. The van der Waals surface area contributed by atoms with Crippen molar-refractivity contribution in [1.82, 2.24) is 0 Å². The lowest BCUT2D eigenvalue weighted by Crippen LogP contribution is -2.19. The largest absolute Gasteiger partial charge is 0.504 e. The van der Waals surface area contributed by atoms with Gasteiger partial charge in [-0.3, -0.25) is 4.79 Å². The average molecular weight is 422 g/mol. The molecule has 31 heavy (non-hydrogen) atoms. The van der Waals surface area contributed by atoms with Gasteiger partial charge >= 0.3 is 0 Å². The van der Waals surface area contributed by atoms with Gasteiger partial charge in [-0.2, -0.15) is 0 Å². The highest BCUT2D eigenvalue weighted by Gasteiger charge is 2.26. The normalized spacial score (nSPS) is 17.5. The van der Waals surface area contributed by atoms with Crippen molar-refractivity contribution >= 4 is 11.6 Å². The quantitative estimate of drug-likeness (QED) is 0.373. The third kappa shape index (κ3) is 7.32. The van der Waals surface area contributed by atoms with Crippen molar-refractivity contribution in [2.45, 2.75) is 53.9 Å². The number of carbonyl (C=O) groups excluding carboxylic acids is 1. The summed E-state index contributed by atoms with van der Waals surface area (Å²) in [5, 5.41) is 12.5. The molecule has 0 unspecified atom stereocenters. The number of allylic oxidation sites excluding steroid dienone is 9. The molecule has 0 saturated heterocycles. The van der Waals surface area contributed by atoms with E-state index in [1.54, 1.807) is 12.1 Å². The first-order valence-electron chi connectivity index (χ1n) is 10.7. The lowest BCUT2D eigenvalue weighted by molar-refractivity contribution is -0.111. The topological polar surface area (TPSA) is 58.6 Å². The predicted octanol–water partition coefficient (Wildman–Crippen LogP) is 6.87. The molecular formula is C27H35NO3. The van der Waals surface area contributed by atoms with Gasteiger partial charge in [-0.25, -0.2) is 0 Å². The molecule has 1 aliphatic carbocycles. The molecule has 1 aromatic rings. The Bertz CT molecular complexity index is 959. The van der Waals surface area contributed by atoms with Crippen molar-refractivity contribution in [2.24, 2.45) is 5.41 Å². The van der Waals surface area contributed by atoms with Gasteiger partial charge in [0.2, 0.25) is 5.91 Å². The van der Waals surface area contributed by atoms with Gasteiger partial charge in [0, 0.05) is 17.8 Å². The molecule has 4 heteroatoms. The molecule has 0 heterocycles. The van der Waals surface area contributed by atoms with Crippen molar-refractivity contribution in [3.05, 3.63) is 76.9 Å². The summed E-state index contributed by atoms with van der Waals surface area (Å²) in [6, 6.07) is 4.74. The van der Waals surface area contributed by atoms with E-state index in [0.29, 0.717) is 11.4 Å². The van der Waals surface area contributed by atoms with E-state index in [4.69, 9.17) is 4.74 Å². The second kappa shape index (κ2) is 10.9. The van der Waals surface area contributed by atoms with E-state index in [2.05, 4.69) is 45.2 Å². The van der Waals surface area contributed by atoms with Gasteiger partial charge in [-0.15, -0.1) is 0 Å². The molecule has 0 aliphatic heterocycles. The molecule has 166 valence electrons. The standard InChI is InChI=1S/C27H35NO3/c1-19(12-14-23-21(3)11-8-16-27(23,4)5)9-7-10-20(2)17-26(30)28-22-13-15-25(31-6)24(29)18-22/h7,9-10,12-15,17-18,29H,8,11,16H2,1-6H3,(H,28,30). The number of nitrogens with one attached hydrogen (secondary N) is 1. The fourth-order valence-electron chi connectivity index (χ4n) is 3.83. The van der Waals surface area contributed by atoms with E-state index in [0.717, 1.165) is 11.1 Å². The van der Waals surface area contributed by atoms with Gasteiger partial charge in [0.1, 0.15) is 0 Å². The summed E-state index contributed by atoms with van der Waals surface area (Å²) < 4.78 is 5.00. The molecule has 1 amide bonds. The molecule has 0 aromatic heterocycles. The van der Waals surface area contributed by atoms with Crippen molar-refractivity contribution in [3.8, 4) is 11.5 Å². The summed E-state index contributed by atoms with van der Waals surface area (Å²) in [4.78, 5) is 12.2. The average Bonchev–Trinajstić information content (AvgIpc) is 2.67. The maximum absolute atomic E-state index is 12.2. The Morgan fingerprint density at radius 1 is 1.19 bits per heavy atom. The minimum Gasteiger partial charge on any atom is -0.504 e. The molecule has 0 atom stereocenters. The molecule has 2 N–H and O–H groups in total. The van der Waals surface area contributed by atoms with Crippen LogP contribution in [0.2, 0.25) is 0 Å². The van der Waals surface area contributed by atoms with Crippen molar-refractivity contribution < 1.29 is 14.6 Å². The Morgan fingerprint density at radius 3 is 2.58 bits per heavy atom. The van der Waals surface area contributed by atoms with Crippen LogP contribution in [-0.4, -0.2) is 18.1 Å². The number of amides is 1. The van der Waals surface area contributed by atoms with Crippen LogP contribution in [0.15, 0.2) is 76.9 Å². The van der Waals surface area contributed by atoms with E-state index in [1.165, 1.54) is 49.7 Å². The SMILES string of the molecule is COc1ccc(NC(=O)C=C(C)C=CC=C(C)C=CC2=C(C)CCCC2(C)C)cc1O. The van der Waals surface area contributed by atoms with Crippen LogP contribution in [0.1, 0.15) is 53.9 Å². The first kappa shape index (κ1) is 24.3. The second-order valence-corrected chi connectivity index (χ2v) is 8.80. The van der Waals surface area contributed by atoms with Gasteiger partial charge < -0.3 is 15.2 Å². The molecule has 2 rings (SSSR count). The molecule has 0 radical (unpaired) electrons. The van der Waals surface area contributed by atoms with Crippen LogP contribution in [0.3, 0.4) is 0 Å². The first-order chi connectivity index (χ1) is 14.6. The summed E-state index contributed by atoms with van der Waals surface area (Å²) >= 11 is 0. The molecule has 4 nitrogen and oxygen atoms in total. The van der Waals surface area contributed by atoms with Crippen LogP contribution in [0.25, 0.3) is 0 Å². The number of carbonyl (C=O) groups is 1. The molecule has 0 spiro atoms. The minimum absolute atomic E-state index is 0.0165. The van der Waals surface area contributed by atoms with Gasteiger partial charge in [0.25, 0.3) is 0 Å². The van der Waals surface area contributed by atoms with Crippen LogP contribution >= 0.6 is 0 Å². The number of methoxy groups -OCH3 is 1. The number of benzene rings is 1. The molecule has 1 aliphatic rings. The van der Waals surface area contributed by atoms with Gasteiger partial charge in [0.05, 0.1) is 7.11 Å². The van der Waals surface area contributed by atoms with E-state index >= 15 is 0 Å². The van der Waals surface area contributed by atoms with E-state index in [1.807, 2.05) is 25.2 Å². The van der Waals surface area contributed by atoms with E-state index in [9.17, 15) is 9.90 Å². The predicted molar refractivity (Wildman–Crippen MR) is 129 cm³/mol. The number of rotatable bonds is 7.